The summed E-state index contributed by atoms with van der Waals surface area (Å²) in [6.45, 7) is 1.87. The summed E-state index contributed by atoms with van der Waals surface area (Å²) in [7, 11) is 0. The van der Waals surface area contributed by atoms with Crippen molar-refractivity contribution in [1.29, 1.82) is 0 Å². The summed E-state index contributed by atoms with van der Waals surface area (Å²) in [5.74, 6) is -1.88. The third kappa shape index (κ3) is 2.62. The van der Waals surface area contributed by atoms with Gasteiger partial charge < -0.3 is 15.3 Å². The summed E-state index contributed by atoms with van der Waals surface area (Å²) in [4.78, 5) is 11.0. The van der Waals surface area contributed by atoms with Crippen molar-refractivity contribution in [2.24, 2.45) is 0 Å². The number of phenolic OH excluding ortho intramolecular Hbond substituents is 2. The van der Waals surface area contributed by atoms with Gasteiger partial charge in [0.2, 0.25) is 0 Å². The van der Waals surface area contributed by atoms with Crippen LogP contribution in [-0.4, -0.2) is 21.3 Å². The van der Waals surface area contributed by atoms with Gasteiger partial charge in [0.25, 0.3) is 0 Å². The SMILES string of the molecule is CCCC(C(=O)O)c1cc(O)ccc1O. The van der Waals surface area contributed by atoms with Gasteiger partial charge >= 0.3 is 5.97 Å². The second-order valence-corrected chi connectivity index (χ2v) is 3.42. The van der Waals surface area contributed by atoms with E-state index >= 15 is 0 Å². The lowest BCUT2D eigenvalue weighted by atomic mass is 9.93. The molecule has 0 aliphatic rings. The molecule has 0 saturated carbocycles. The van der Waals surface area contributed by atoms with Crippen LogP contribution >= 0.6 is 0 Å². The number of rotatable bonds is 4. The number of aliphatic carboxylic acids is 1. The standard InChI is InChI=1S/C11H14O4/c1-2-3-8(11(14)15)9-6-7(12)4-5-10(9)13/h4-6,8,12-13H,2-3H2,1H3,(H,14,15). The highest BCUT2D eigenvalue weighted by molar-refractivity contribution is 5.77. The van der Waals surface area contributed by atoms with Gasteiger partial charge in [-0.2, -0.15) is 0 Å². The minimum absolute atomic E-state index is 0.0369. The Bertz CT molecular complexity index is 360. The highest BCUT2D eigenvalue weighted by Gasteiger charge is 2.22. The summed E-state index contributed by atoms with van der Waals surface area (Å²) >= 11 is 0. The minimum Gasteiger partial charge on any atom is -0.508 e. The Balaban J connectivity index is 3.09. The number of carbonyl (C=O) groups is 1. The van der Waals surface area contributed by atoms with Crippen molar-refractivity contribution in [3.05, 3.63) is 23.8 Å². The fourth-order valence-electron chi connectivity index (χ4n) is 1.52. The van der Waals surface area contributed by atoms with E-state index in [0.29, 0.717) is 12.8 Å². The summed E-state index contributed by atoms with van der Waals surface area (Å²) in [6.07, 6.45) is 1.14. The summed E-state index contributed by atoms with van der Waals surface area (Å²) in [5.41, 5.74) is 0.268. The van der Waals surface area contributed by atoms with Crippen LogP contribution in [0.3, 0.4) is 0 Å². The zero-order chi connectivity index (χ0) is 11.4. The van der Waals surface area contributed by atoms with E-state index in [1.165, 1.54) is 18.2 Å². The molecule has 0 radical (unpaired) electrons. The van der Waals surface area contributed by atoms with Crippen molar-refractivity contribution in [2.45, 2.75) is 25.7 Å². The molecule has 0 saturated heterocycles. The number of benzene rings is 1. The van der Waals surface area contributed by atoms with Gasteiger partial charge in [0.1, 0.15) is 11.5 Å². The maximum absolute atomic E-state index is 11.0. The fourth-order valence-corrected chi connectivity index (χ4v) is 1.52. The van der Waals surface area contributed by atoms with Crippen molar-refractivity contribution < 1.29 is 20.1 Å². The van der Waals surface area contributed by atoms with Crippen LogP contribution in [0, 0.1) is 0 Å². The van der Waals surface area contributed by atoms with Crippen LogP contribution in [0.25, 0.3) is 0 Å². The number of carboxylic acids is 1. The van der Waals surface area contributed by atoms with Crippen LogP contribution in [-0.2, 0) is 4.79 Å². The van der Waals surface area contributed by atoms with Gasteiger partial charge in [0.05, 0.1) is 5.92 Å². The molecule has 1 aromatic rings. The van der Waals surface area contributed by atoms with Gasteiger partial charge in [-0.3, -0.25) is 4.79 Å². The van der Waals surface area contributed by atoms with Crippen molar-refractivity contribution >= 4 is 5.97 Å². The first-order valence-electron chi connectivity index (χ1n) is 4.81. The van der Waals surface area contributed by atoms with Crippen LogP contribution in [0.15, 0.2) is 18.2 Å². The molecule has 0 aliphatic heterocycles. The van der Waals surface area contributed by atoms with E-state index in [1.54, 1.807) is 0 Å². The van der Waals surface area contributed by atoms with Crippen LogP contribution < -0.4 is 0 Å². The Morgan fingerprint density at radius 1 is 1.40 bits per heavy atom. The average molecular weight is 210 g/mol. The van der Waals surface area contributed by atoms with E-state index in [2.05, 4.69) is 0 Å². The van der Waals surface area contributed by atoms with Crippen LogP contribution in [0.2, 0.25) is 0 Å². The molecular formula is C11H14O4. The molecule has 1 rings (SSSR count). The van der Waals surface area contributed by atoms with Crippen LogP contribution in [0.5, 0.6) is 11.5 Å². The molecule has 4 heteroatoms. The number of carboxylic acid groups (broad SMARTS) is 1. The van der Waals surface area contributed by atoms with Gasteiger partial charge in [-0.1, -0.05) is 13.3 Å². The lowest BCUT2D eigenvalue weighted by Crippen LogP contribution is -2.11. The van der Waals surface area contributed by atoms with E-state index in [-0.39, 0.29) is 17.1 Å². The van der Waals surface area contributed by atoms with Gasteiger partial charge in [0.15, 0.2) is 0 Å². The van der Waals surface area contributed by atoms with Gasteiger partial charge in [0, 0.05) is 5.56 Å². The predicted molar refractivity (Wildman–Crippen MR) is 55.1 cm³/mol. The Hall–Kier alpha value is -1.71. The number of aromatic hydroxyl groups is 2. The Labute approximate surface area is 87.8 Å². The highest BCUT2D eigenvalue weighted by atomic mass is 16.4. The molecule has 82 valence electrons. The van der Waals surface area contributed by atoms with E-state index in [4.69, 9.17) is 5.11 Å². The van der Waals surface area contributed by atoms with Crippen molar-refractivity contribution in [1.82, 2.24) is 0 Å². The second kappa shape index (κ2) is 4.68. The van der Waals surface area contributed by atoms with Gasteiger partial charge in [-0.15, -0.1) is 0 Å². The molecule has 0 bridgehead atoms. The molecule has 4 nitrogen and oxygen atoms in total. The maximum Gasteiger partial charge on any atom is 0.311 e. The largest absolute Gasteiger partial charge is 0.508 e. The Morgan fingerprint density at radius 2 is 2.07 bits per heavy atom. The normalized spacial score (nSPS) is 12.3. The van der Waals surface area contributed by atoms with Crippen LogP contribution in [0.1, 0.15) is 31.2 Å². The average Bonchev–Trinajstić information content (AvgIpc) is 2.18. The van der Waals surface area contributed by atoms with Crippen molar-refractivity contribution in [2.75, 3.05) is 0 Å². The van der Waals surface area contributed by atoms with Gasteiger partial charge in [-0.25, -0.2) is 0 Å². The lowest BCUT2D eigenvalue weighted by Gasteiger charge is -2.13. The van der Waals surface area contributed by atoms with Crippen LogP contribution in [0.4, 0.5) is 0 Å². The third-order valence-electron chi connectivity index (χ3n) is 2.26. The molecule has 0 spiro atoms. The highest BCUT2D eigenvalue weighted by Crippen LogP contribution is 2.32. The molecule has 3 N–H and O–H groups in total. The number of hydrogen-bond donors (Lipinski definition) is 3. The molecule has 0 aliphatic carbocycles. The quantitative estimate of drug-likeness (QED) is 0.665. The second-order valence-electron chi connectivity index (χ2n) is 3.42. The van der Waals surface area contributed by atoms with Gasteiger partial charge in [-0.05, 0) is 24.6 Å². The molecule has 15 heavy (non-hydrogen) atoms. The summed E-state index contributed by atoms with van der Waals surface area (Å²) in [5, 5.41) is 27.7. The number of hydrogen-bond acceptors (Lipinski definition) is 3. The molecule has 0 heterocycles. The molecule has 1 aromatic carbocycles. The fraction of sp³-hybridized carbons (Fsp3) is 0.364. The Kier molecular flexibility index (Phi) is 3.55. The lowest BCUT2D eigenvalue weighted by molar-refractivity contribution is -0.139. The summed E-state index contributed by atoms with van der Waals surface area (Å²) < 4.78 is 0. The van der Waals surface area contributed by atoms with E-state index < -0.39 is 11.9 Å². The molecular weight excluding hydrogens is 196 g/mol. The van der Waals surface area contributed by atoms with Crippen molar-refractivity contribution in [3.8, 4) is 11.5 Å². The zero-order valence-electron chi connectivity index (χ0n) is 8.47. The molecule has 1 unspecified atom stereocenters. The molecule has 1 atom stereocenters. The maximum atomic E-state index is 11.0. The first-order chi connectivity index (χ1) is 7.06. The monoisotopic (exact) mass is 210 g/mol. The first kappa shape index (κ1) is 11.4. The predicted octanol–water partition coefficient (Wildman–Crippen LogP) is 2.07. The van der Waals surface area contributed by atoms with E-state index in [9.17, 15) is 15.0 Å². The minimum atomic E-state index is -0.988. The third-order valence-corrected chi connectivity index (χ3v) is 2.26. The number of phenols is 2. The van der Waals surface area contributed by atoms with E-state index in [0.717, 1.165) is 0 Å². The smallest absolute Gasteiger partial charge is 0.311 e. The topological polar surface area (TPSA) is 77.8 Å². The van der Waals surface area contributed by atoms with E-state index in [1.807, 2.05) is 6.92 Å². The first-order valence-corrected chi connectivity index (χ1v) is 4.81. The molecule has 0 fully saturated rings. The molecule has 0 amide bonds. The molecule has 0 aromatic heterocycles. The zero-order valence-corrected chi connectivity index (χ0v) is 8.47. The van der Waals surface area contributed by atoms with Crippen molar-refractivity contribution in [3.63, 3.8) is 0 Å². The summed E-state index contributed by atoms with van der Waals surface area (Å²) in [6, 6.07) is 3.92. The Morgan fingerprint density at radius 3 is 2.60 bits per heavy atom.